The third-order valence-electron chi connectivity index (χ3n) is 13.2. The topological polar surface area (TPSA) is 263 Å². The zero-order valence-electron chi connectivity index (χ0n) is 58.1. The van der Waals surface area contributed by atoms with Crippen LogP contribution < -0.4 is 0 Å². The average molecular weight is 1400 g/mol. The fourth-order valence-electron chi connectivity index (χ4n) is 9.97. The minimum atomic E-state index is -2.25. The maximum Gasteiger partial charge on any atom is 0.340 e. The van der Waals surface area contributed by atoms with Gasteiger partial charge >= 0.3 is 17.9 Å². The number of halogens is 2. The van der Waals surface area contributed by atoms with Gasteiger partial charge in [-0.25, -0.2) is 14.4 Å². The highest BCUT2D eigenvalue weighted by atomic mass is 35.5. The Kier molecular flexibility index (Phi) is 28.3. The second kappa shape index (κ2) is 30.9. The van der Waals surface area contributed by atoms with Crippen LogP contribution in [0.25, 0.3) is 0 Å². The van der Waals surface area contributed by atoms with E-state index < -0.39 is 146 Å². The second-order valence-corrected chi connectivity index (χ2v) is 58.3. The number of hydrogen-bond donors (Lipinski definition) is 5. The lowest BCUT2D eigenvalue weighted by molar-refractivity contribution is -0.366. The molecule has 3 aliphatic rings. The summed E-state index contributed by atoms with van der Waals surface area (Å²) >= 11 is 12.5. The molecular weight excluding hydrogens is 1290 g/mol. The molecule has 14 atom stereocenters. The van der Waals surface area contributed by atoms with E-state index in [0.29, 0.717) is 18.4 Å². The predicted molar refractivity (Wildman–Crippen MR) is 360 cm³/mol. The Balaban J connectivity index is 0.000000361. The van der Waals surface area contributed by atoms with Crippen molar-refractivity contribution in [1.82, 2.24) is 0 Å². The summed E-state index contributed by atoms with van der Waals surface area (Å²) in [5.41, 5.74) is -0.773. The van der Waals surface area contributed by atoms with Gasteiger partial charge < -0.3 is 80.5 Å². The summed E-state index contributed by atoms with van der Waals surface area (Å²) in [4.78, 5) is 38.1. The van der Waals surface area contributed by atoms with Gasteiger partial charge in [-0.05, 0) is 196 Å². The number of ether oxygens (including phenoxy) is 6. The van der Waals surface area contributed by atoms with Crippen molar-refractivity contribution in [2.45, 2.75) is 282 Å². The number of benzene rings is 2. The van der Waals surface area contributed by atoms with Crippen molar-refractivity contribution < 1.29 is 94.9 Å². The maximum atomic E-state index is 13.0. The molecule has 0 aliphatic carbocycles. The zero-order chi connectivity index (χ0) is 69.0. The van der Waals surface area contributed by atoms with Crippen LogP contribution >= 0.6 is 23.2 Å². The summed E-state index contributed by atoms with van der Waals surface area (Å²) in [5.74, 6) is -5.42. The molecular formula is C61H110Cl2O20Si6. The van der Waals surface area contributed by atoms with Gasteiger partial charge in [0.2, 0.25) is 11.6 Å². The van der Waals surface area contributed by atoms with Crippen molar-refractivity contribution in [1.29, 1.82) is 0 Å². The van der Waals surface area contributed by atoms with Gasteiger partial charge in [0.05, 0.1) is 40.0 Å². The lowest BCUT2D eigenvalue weighted by Crippen LogP contribution is -2.68. The standard InChI is InChI=1S/C27H49ClO7Si3.C18H25ClO8.C16H36O5Si3/c1-14-21-22(33-36(5,6)7)23(34-37(8,9)10)24(35-38(11,12)13)27(30,31-21)18-15-16-20(28)19(17-18)25(29)32-26(2,3)4;1-17(2,3)27-16(24)10-7-9(5-6-11(10)19)18(25-4)15(23)14(22)13(21)12(8-20)26-18;1-11-12-13(19-22(2,3)4)14(20-23(5,6)7)15(16(17)18-12)21-24(8,9)10/h15-17,21-24,30H,14H2,1-13H3;5-7,12-15,20-23H,8H2,1-4H3;12-15H,11H2,1-10H3/t21-,22-,23+,24-,27?;12-,13-,14+,15-,18?;12-,13-,14+,15-/m111/s1. The summed E-state index contributed by atoms with van der Waals surface area (Å²) < 4.78 is 73.3. The molecule has 0 bridgehead atoms. The Hall–Kier alpha value is -1.83. The number of cyclic esters (lactones) is 1. The monoisotopic (exact) mass is 1400 g/mol. The molecule has 89 heavy (non-hydrogen) atoms. The van der Waals surface area contributed by atoms with Crippen molar-refractivity contribution >= 4 is 91.0 Å². The van der Waals surface area contributed by atoms with Gasteiger partial charge in [0.1, 0.15) is 66.1 Å². The Labute approximate surface area is 547 Å². The van der Waals surface area contributed by atoms with Gasteiger partial charge in [0, 0.05) is 18.2 Å². The minimum Gasteiger partial charge on any atom is -0.458 e. The van der Waals surface area contributed by atoms with Crippen molar-refractivity contribution in [3.8, 4) is 0 Å². The zero-order valence-corrected chi connectivity index (χ0v) is 65.6. The van der Waals surface area contributed by atoms with E-state index in [2.05, 4.69) is 118 Å². The van der Waals surface area contributed by atoms with Crippen LogP contribution in [0.1, 0.15) is 100 Å². The van der Waals surface area contributed by atoms with Crippen LogP contribution in [-0.2, 0) is 71.3 Å². The molecule has 20 nitrogen and oxygen atoms in total. The molecule has 0 spiro atoms. The average Bonchev–Trinajstić information content (AvgIpc) is 3.34. The van der Waals surface area contributed by atoms with Gasteiger partial charge in [0.25, 0.3) is 0 Å². The number of methoxy groups -OCH3 is 1. The quantitative estimate of drug-likeness (QED) is 0.0469. The lowest BCUT2D eigenvalue weighted by Gasteiger charge is -2.54. The molecule has 28 heteroatoms. The van der Waals surface area contributed by atoms with E-state index in [1.807, 2.05) is 13.8 Å². The predicted octanol–water partition coefficient (Wildman–Crippen LogP) is 11.5. The lowest BCUT2D eigenvalue weighted by atomic mass is 9.87. The van der Waals surface area contributed by atoms with Gasteiger partial charge in [-0.2, -0.15) is 0 Å². The van der Waals surface area contributed by atoms with Crippen LogP contribution in [0, 0.1) is 0 Å². The molecule has 0 amide bonds. The molecule has 5 rings (SSSR count). The Morgan fingerprint density at radius 3 is 1.30 bits per heavy atom. The first-order valence-electron chi connectivity index (χ1n) is 30.7. The van der Waals surface area contributed by atoms with Crippen molar-refractivity contribution in [2.24, 2.45) is 0 Å². The summed E-state index contributed by atoms with van der Waals surface area (Å²) in [6, 6.07) is 8.98. The van der Waals surface area contributed by atoms with Crippen LogP contribution in [0.3, 0.4) is 0 Å². The molecule has 0 radical (unpaired) electrons. The van der Waals surface area contributed by atoms with E-state index in [0.717, 1.165) is 0 Å². The molecule has 2 unspecified atom stereocenters. The highest BCUT2D eigenvalue weighted by Crippen LogP contribution is 2.46. The third kappa shape index (κ3) is 24.1. The van der Waals surface area contributed by atoms with E-state index >= 15 is 0 Å². The summed E-state index contributed by atoms with van der Waals surface area (Å²) in [6.07, 6.45) is -8.75. The Morgan fingerprint density at radius 2 is 0.921 bits per heavy atom. The van der Waals surface area contributed by atoms with Gasteiger partial charge in [0.15, 0.2) is 56.0 Å². The molecule has 3 fully saturated rings. The number of esters is 3. The van der Waals surface area contributed by atoms with E-state index in [1.165, 1.54) is 25.3 Å². The fraction of sp³-hybridized carbons (Fsp3) is 0.754. The molecule has 3 aliphatic heterocycles. The first kappa shape index (κ1) is 81.4. The van der Waals surface area contributed by atoms with E-state index in [1.54, 1.807) is 59.7 Å². The van der Waals surface area contributed by atoms with Gasteiger partial charge in [-0.1, -0.05) is 49.2 Å². The largest absolute Gasteiger partial charge is 0.458 e. The van der Waals surface area contributed by atoms with Crippen LogP contribution in [0.4, 0.5) is 0 Å². The Bertz CT molecular complexity index is 2660. The summed E-state index contributed by atoms with van der Waals surface area (Å²) in [5, 5.41) is 52.9. The van der Waals surface area contributed by atoms with Crippen LogP contribution in [0.15, 0.2) is 36.4 Å². The number of aliphatic hydroxyl groups excluding tert-OH is 4. The molecule has 0 saturated carbocycles. The van der Waals surface area contributed by atoms with Crippen LogP contribution in [0.5, 0.6) is 0 Å². The molecule has 512 valence electrons. The van der Waals surface area contributed by atoms with E-state index in [9.17, 15) is 39.9 Å². The van der Waals surface area contributed by atoms with Gasteiger partial charge in [-0.15, -0.1) is 0 Å². The maximum absolute atomic E-state index is 13.0. The van der Waals surface area contributed by atoms with E-state index in [4.69, 9.17) is 78.2 Å². The van der Waals surface area contributed by atoms with Gasteiger partial charge in [-0.3, -0.25) is 0 Å². The SMILES string of the molecule is CC[C@H]1OC(=O)[C@H](O[Si](C)(C)C)[C@@H](O[Si](C)(C)C)[C@@H]1O[Si](C)(C)C.CC[C@H]1OC(O)(c2ccc(Cl)c(C(=O)OC(C)(C)C)c2)[C@H](O[Si](C)(C)C)[C@@H](O[Si](C)(C)C)[C@@H]1O[Si](C)(C)C.COC1(c2ccc(Cl)c(C(=O)OC(C)(C)C)c2)O[C@H](CO)[C@@H](O)[C@H](O)[C@H]1O. The van der Waals surface area contributed by atoms with Crippen LogP contribution in [0.2, 0.25) is 128 Å². The highest BCUT2D eigenvalue weighted by Gasteiger charge is 2.60. The smallest absolute Gasteiger partial charge is 0.340 e. The fourth-order valence-corrected chi connectivity index (χ4v) is 16.8. The van der Waals surface area contributed by atoms with Crippen molar-refractivity contribution in [2.75, 3.05) is 13.7 Å². The number of hydrogen-bond acceptors (Lipinski definition) is 20. The molecule has 2 aromatic carbocycles. The third-order valence-corrected chi connectivity index (χ3v) is 19.7. The van der Waals surface area contributed by atoms with Crippen molar-refractivity contribution in [3.63, 3.8) is 0 Å². The molecule has 3 heterocycles. The molecule has 5 N–H and O–H groups in total. The number of rotatable bonds is 20. The number of carbonyl (C=O) groups excluding carboxylic acids is 3. The number of carbonyl (C=O) groups is 3. The Morgan fingerprint density at radius 1 is 0.539 bits per heavy atom. The summed E-state index contributed by atoms with van der Waals surface area (Å²) in [6.45, 7) is 51.9. The summed E-state index contributed by atoms with van der Waals surface area (Å²) in [7, 11) is -10.9. The first-order chi connectivity index (χ1) is 40.0. The van der Waals surface area contributed by atoms with E-state index in [-0.39, 0.29) is 51.0 Å². The second-order valence-electron chi connectivity index (χ2n) is 30.8. The number of aliphatic hydroxyl groups is 5. The minimum absolute atomic E-state index is 0.0116. The van der Waals surface area contributed by atoms with Crippen molar-refractivity contribution in [3.05, 3.63) is 68.7 Å². The first-order valence-corrected chi connectivity index (χ1v) is 51.9. The van der Waals surface area contributed by atoms with Crippen LogP contribution in [-0.4, -0.2) is 192 Å². The molecule has 3 saturated heterocycles. The highest BCUT2D eigenvalue weighted by molar-refractivity contribution is 6.72. The molecule has 2 aromatic rings. The normalized spacial score (nSPS) is 29.2. The molecule has 0 aromatic heterocycles.